The zero-order valence-electron chi connectivity index (χ0n) is 9.98. The number of halogens is 2. The van der Waals surface area contributed by atoms with E-state index in [0.717, 1.165) is 6.07 Å². The lowest BCUT2D eigenvalue weighted by Gasteiger charge is -2.07. The fourth-order valence-electron chi connectivity index (χ4n) is 1.71. The first kappa shape index (κ1) is 13.0. The van der Waals surface area contributed by atoms with Crippen LogP contribution in [-0.2, 0) is 0 Å². The fraction of sp³-hybridized carbons (Fsp3) is 0.0714. The van der Waals surface area contributed by atoms with Crippen LogP contribution in [0.1, 0.15) is 10.4 Å². The number of rotatable bonds is 3. The molecule has 1 N–H and O–H groups in total. The molecule has 0 aliphatic rings. The summed E-state index contributed by atoms with van der Waals surface area (Å²) in [5, 5.41) is 8.75. The smallest absolute Gasteiger partial charge is 0.335 e. The van der Waals surface area contributed by atoms with Crippen LogP contribution in [0.25, 0.3) is 11.1 Å². The van der Waals surface area contributed by atoms with Crippen LogP contribution in [0.5, 0.6) is 5.75 Å². The molecule has 0 saturated heterocycles. The number of hydrogen-bond donors (Lipinski definition) is 1. The van der Waals surface area contributed by atoms with Crippen LogP contribution >= 0.6 is 0 Å². The Bertz CT molecular complexity index is 639. The van der Waals surface area contributed by atoms with Gasteiger partial charge in [-0.25, -0.2) is 13.6 Å². The normalized spacial score (nSPS) is 10.3. The predicted molar refractivity (Wildman–Crippen MR) is 65.3 cm³/mol. The van der Waals surface area contributed by atoms with E-state index >= 15 is 0 Å². The Morgan fingerprint density at radius 2 is 1.84 bits per heavy atom. The van der Waals surface area contributed by atoms with Crippen LogP contribution < -0.4 is 4.74 Å². The van der Waals surface area contributed by atoms with Crippen molar-refractivity contribution >= 4 is 5.97 Å². The van der Waals surface area contributed by atoms with E-state index in [2.05, 4.69) is 0 Å². The molecule has 5 heteroatoms. The monoisotopic (exact) mass is 264 g/mol. The topological polar surface area (TPSA) is 46.5 Å². The van der Waals surface area contributed by atoms with Crippen molar-refractivity contribution in [3.05, 3.63) is 53.6 Å². The molecule has 0 saturated carbocycles. The Kier molecular flexibility index (Phi) is 3.46. The molecule has 0 unspecified atom stereocenters. The van der Waals surface area contributed by atoms with Gasteiger partial charge in [-0.1, -0.05) is 12.1 Å². The predicted octanol–water partition coefficient (Wildman–Crippen LogP) is 3.34. The Balaban J connectivity index is 2.50. The molecule has 2 aromatic carbocycles. The van der Waals surface area contributed by atoms with Crippen LogP contribution in [0.15, 0.2) is 36.4 Å². The number of hydrogen-bond acceptors (Lipinski definition) is 2. The number of benzene rings is 2. The van der Waals surface area contributed by atoms with E-state index < -0.39 is 17.6 Å². The SMILES string of the molecule is COc1cc(-c2ccc(C(=O)O)cc2F)ccc1F. The highest BCUT2D eigenvalue weighted by atomic mass is 19.1. The summed E-state index contributed by atoms with van der Waals surface area (Å²) in [4.78, 5) is 10.7. The second-order valence-corrected chi connectivity index (χ2v) is 3.85. The van der Waals surface area contributed by atoms with Gasteiger partial charge in [0.1, 0.15) is 5.82 Å². The number of methoxy groups -OCH3 is 1. The van der Waals surface area contributed by atoms with E-state index in [9.17, 15) is 13.6 Å². The number of carboxylic acid groups (broad SMARTS) is 1. The van der Waals surface area contributed by atoms with E-state index in [4.69, 9.17) is 9.84 Å². The van der Waals surface area contributed by atoms with Gasteiger partial charge in [0.2, 0.25) is 0 Å². The van der Waals surface area contributed by atoms with Crippen LogP contribution in [0.4, 0.5) is 8.78 Å². The third kappa shape index (κ3) is 2.54. The minimum Gasteiger partial charge on any atom is -0.494 e. The number of carboxylic acids is 1. The maximum absolute atomic E-state index is 13.8. The van der Waals surface area contributed by atoms with E-state index in [1.807, 2.05) is 0 Å². The summed E-state index contributed by atoms with van der Waals surface area (Å²) in [6.07, 6.45) is 0. The maximum atomic E-state index is 13.8. The van der Waals surface area contributed by atoms with E-state index in [0.29, 0.717) is 5.56 Å². The lowest BCUT2D eigenvalue weighted by molar-refractivity contribution is 0.0696. The van der Waals surface area contributed by atoms with Gasteiger partial charge in [-0.2, -0.15) is 0 Å². The zero-order chi connectivity index (χ0) is 14.0. The molecule has 0 aromatic heterocycles. The lowest BCUT2D eigenvalue weighted by atomic mass is 10.0. The molecule has 0 aliphatic carbocycles. The van der Waals surface area contributed by atoms with Crippen LogP contribution in [0.3, 0.4) is 0 Å². The van der Waals surface area contributed by atoms with Crippen molar-refractivity contribution in [2.45, 2.75) is 0 Å². The molecule has 0 aliphatic heterocycles. The molecule has 0 heterocycles. The van der Waals surface area contributed by atoms with Crippen LogP contribution in [0.2, 0.25) is 0 Å². The third-order valence-corrected chi connectivity index (χ3v) is 2.68. The maximum Gasteiger partial charge on any atom is 0.335 e. The summed E-state index contributed by atoms with van der Waals surface area (Å²) in [5.41, 5.74) is 0.450. The van der Waals surface area contributed by atoms with Gasteiger partial charge in [0.25, 0.3) is 0 Å². The summed E-state index contributed by atoms with van der Waals surface area (Å²) < 4.78 is 31.9. The lowest BCUT2D eigenvalue weighted by Crippen LogP contribution is -1.98. The van der Waals surface area contributed by atoms with Gasteiger partial charge in [-0.05, 0) is 29.8 Å². The molecule has 2 rings (SSSR count). The fourth-order valence-corrected chi connectivity index (χ4v) is 1.71. The highest BCUT2D eigenvalue weighted by Crippen LogP contribution is 2.28. The molecule has 0 bridgehead atoms. The van der Waals surface area contributed by atoms with Gasteiger partial charge in [-0.15, -0.1) is 0 Å². The Morgan fingerprint density at radius 3 is 2.42 bits per heavy atom. The molecule has 2 aromatic rings. The third-order valence-electron chi connectivity index (χ3n) is 2.68. The van der Waals surface area contributed by atoms with E-state index in [-0.39, 0.29) is 16.9 Å². The van der Waals surface area contributed by atoms with Crippen LogP contribution in [0, 0.1) is 11.6 Å². The van der Waals surface area contributed by atoms with Gasteiger partial charge in [0.15, 0.2) is 11.6 Å². The molecule has 0 atom stereocenters. The summed E-state index contributed by atoms with van der Waals surface area (Å²) in [6.45, 7) is 0. The summed E-state index contributed by atoms with van der Waals surface area (Å²) >= 11 is 0. The summed E-state index contributed by atoms with van der Waals surface area (Å²) in [5.74, 6) is -2.44. The van der Waals surface area contributed by atoms with E-state index in [1.54, 1.807) is 0 Å². The van der Waals surface area contributed by atoms with Crippen molar-refractivity contribution in [2.24, 2.45) is 0 Å². The quantitative estimate of drug-likeness (QED) is 0.924. The average molecular weight is 264 g/mol. The molecule has 0 radical (unpaired) electrons. The zero-order valence-corrected chi connectivity index (χ0v) is 9.98. The Morgan fingerprint density at radius 1 is 1.11 bits per heavy atom. The first-order valence-corrected chi connectivity index (χ1v) is 5.39. The van der Waals surface area contributed by atoms with Crippen molar-refractivity contribution in [3.8, 4) is 16.9 Å². The highest BCUT2D eigenvalue weighted by molar-refractivity contribution is 5.88. The molecular formula is C14H10F2O3. The molecule has 3 nitrogen and oxygen atoms in total. The largest absolute Gasteiger partial charge is 0.494 e. The molecule has 0 fully saturated rings. The standard InChI is InChI=1S/C14H10F2O3/c1-19-13-7-8(3-5-11(13)15)10-4-2-9(14(17)18)6-12(10)16/h2-7H,1H3,(H,17,18). The minimum absolute atomic E-state index is 0.000730. The van der Waals surface area contributed by atoms with Gasteiger partial charge >= 0.3 is 5.97 Å². The molecule has 98 valence electrons. The number of aromatic carboxylic acids is 1. The Hall–Kier alpha value is -2.43. The van der Waals surface area contributed by atoms with Crippen molar-refractivity contribution in [1.29, 1.82) is 0 Å². The molecule has 0 spiro atoms. The van der Waals surface area contributed by atoms with Gasteiger partial charge < -0.3 is 9.84 Å². The molecule has 19 heavy (non-hydrogen) atoms. The Labute approximate surface area is 108 Å². The summed E-state index contributed by atoms with van der Waals surface area (Å²) in [6, 6.07) is 7.47. The van der Waals surface area contributed by atoms with Gasteiger partial charge in [0, 0.05) is 5.56 Å². The van der Waals surface area contributed by atoms with Crippen molar-refractivity contribution < 1.29 is 23.4 Å². The molecular weight excluding hydrogens is 254 g/mol. The van der Waals surface area contributed by atoms with Gasteiger partial charge in [0.05, 0.1) is 12.7 Å². The number of carbonyl (C=O) groups is 1. The number of ether oxygens (including phenoxy) is 1. The average Bonchev–Trinajstić information content (AvgIpc) is 2.39. The second-order valence-electron chi connectivity index (χ2n) is 3.85. The van der Waals surface area contributed by atoms with Gasteiger partial charge in [-0.3, -0.25) is 0 Å². The first-order chi connectivity index (χ1) is 9.02. The van der Waals surface area contributed by atoms with E-state index in [1.165, 1.54) is 37.4 Å². The van der Waals surface area contributed by atoms with Crippen molar-refractivity contribution in [1.82, 2.24) is 0 Å². The first-order valence-electron chi connectivity index (χ1n) is 5.39. The van der Waals surface area contributed by atoms with Crippen molar-refractivity contribution in [3.63, 3.8) is 0 Å². The highest BCUT2D eigenvalue weighted by Gasteiger charge is 2.12. The second kappa shape index (κ2) is 5.06. The molecule has 0 amide bonds. The summed E-state index contributed by atoms with van der Waals surface area (Å²) in [7, 11) is 1.31. The minimum atomic E-state index is -1.21. The van der Waals surface area contributed by atoms with Crippen molar-refractivity contribution in [2.75, 3.05) is 7.11 Å². The van der Waals surface area contributed by atoms with Crippen LogP contribution in [-0.4, -0.2) is 18.2 Å².